The third kappa shape index (κ3) is 2.12. The SMILES string of the molecule is CC(C)n1nccc1-c1ccc(Br)cc1. The van der Waals surface area contributed by atoms with E-state index in [0.717, 1.165) is 10.2 Å². The summed E-state index contributed by atoms with van der Waals surface area (Å²) in [6.07, 6.45) is 1.84. The third-order valence-electron chi connectivity index (χ3n) is 2.30. The van der Waals surface area contributed by atoms with Crippen molar-refractivity contribution in [3.05, 3.63) is 41.0 Å². The number of nitrogens with zero attached hydrogens (tertiary/aromatic N) is 2. The van der Waals surface area contributed by atoms with Crippen molar-refractivity contribution in [3.63, 3.8) is 0 Å². The Hall–Kier alpha value is -1.09. The molecule has 0 saturated carbocycles. The van der Waals surface area contributed by atoms with E-state index < -0.39 is 0 Å². The van der Waals surface area contributed by atoms with E-state index in [1.54, 1.807) is 0 Å². The number of rotatable bonds is 2. The van der Waals surface area contributed by atoms with Gasteiger partial charge in [-0.1, -0.05) is 28.1 Å². The first-order valence-corrected chi connectivity index (χ1v) is 5.77. The second-order valence-electron chi connectivity index (χ2n) is 3.76. The van der Waals surface area contributed by atoms with Gasteiger partial charge in [-0.05, 0) is 37.6 Å². The van der Waals surface area contributed by atoms with E-state index in [9.17, 15) is 0 Å². The maximum Gasteiger partial charge on any atom is 0.0685 e. The molecule has 0 aliphatic rings. The van der Waals surface area contributed by atoms with Gasteiger partial charge in [0.25, 0.3) is 0 Å². The Labute approximate surface area is 98.1 Å². The lowest BCUT2D eigenvalue weighted by molar-refractivity contribution is 0.538. The van der Waals surface area contributed by atoms with Crippen LogP contribution in [0.3, 0.4) is 0 Å². The second kappa shape index (κ2) is 4.19. The van der Waals surface area contributed by atoms with Crippen molar-refractivity contribution in [2.45, 2.75) is 19.9 Å². The average Bonchev–Trinajstić information content (AvgIpc) is 2.67. The maximum atomic E-state index is 4.32. The van der Waals surface area contributed by atoms with Crippen LogP contribution in [0, 0.1) is 0 Å². The second-order valence-corrected chi connectivity index (χ2v) is 4.68. The summed E-state index contributed by atoms with van der Waals surface area (Å²) >= 11 is 3.43. The molecule has 1 aromatic carbocycles. The molecule has 0 radical (unpaired) electrons. The van der Waals surface area contributed by atoms with Gasteiger partial charge in [0.1, 0.15) is 0 Å². The summed E-state index contributed by atoms with van der Waals surface area (Å²) in [5.41, 5.74) is 2.36. The van der Waals surface area contributed by atoms with E-state index in [-0.39, 0.29) is 0 Å². The number of benzene rings is 1. The molecule has 15 heavy (non-hydrogen) atoms. The lowest BCUT2D eigenvalue weighted by Gasteiger charge is -2.10. The van der Waals surface area contributed by atoms with Crippen molar-refractivity contribution in [3.8, 4) is 11.3 Å². The lowest BCUT2D eigenvalue weighted by Crippen LogP contribution is -2.04. The Morgan fingerprint density at radius 1 is 1.13 bits per heavy atom. The number of aromatic nitrogens is 2. The van der Waals surface area contributed by atoms with Crippen molar-refractivity contribution in [2.24, 2.45) is 0 Å². The van der Waals surface area contributed by atoms with Crippen LogP contribution in [0.2, 0.25) is 0 Å². The monoisotopic (exact) mass is 264 g/mol. The van der Waals surface area contributed by atoms with Crippen molar-refractivity contribution >= 4 is 15.9 Å². The zero-order valence-electron chi connectivity index (χ0n) is 8.81. The Morgan fingerprint density at radius 3 is 2.40 bits per heavy atom. The van der Waals surface area contributed by atoms with Crippen LogP contribution in [-0.4, -0.2) is 9.78 Å². The summed E-state index contributed by atoms with van der Waals surface area (Å²) in [6.45, 7) is 4.27. The minimum atomic E-state index is 0.388. The highest BCUT2D eigenvalue weighted by atomic mass is 79.9. The smallest absolute Gasteiger partial charge is 0.0685 e. The Balaban J connectivity index is 2.45. The van der Waals surface area contributed by atoms with Crippen molar-refractivity contribution in [1.29, 1.82) is 0 Å². The molecule has 3 heteroatoms. The van der Waals surface area contributed by atoms with Crippen LogP contribution in [0.25, 0.3) is 11.3 Å². The van der Waals surface area contributed by atoms with E-state index in [1.807, 2.05) is 29.1 Å². The van der Waals surface area contributed by atoms with Crippen LogP contribution in [0.5, 0.6) is 0 Å². The first-order valence-electron chi connectivity index (χ1n) is 4.98. The van der Waals surface area contributed by atoms with Crippen LogP contribution < -0.4 is 0 Å². The zero-order valence-corrected chi connectivity index (χ0v) is 10.4. The number of halogens is 1. The highest BCUT2D eigenvalue weighted by molar-refractivity contribution is 9.10. The Bertz CT molecular complexity index is 443. The van der Waals surface area contributed by atoms with Crippen LogP contribution >= 0.6 is 15.9 Å². The molecule has 2 rings (SSSR count). The topological polar surface area (TPSA) is 17.8 Å². The normalized spacial score (nSPS) is 10.9. The molecule has 0 spiro atoms. The molecular formula is C12H13BrN2. The largest absolute Gasteiger partial charge is 0.262 e. The molecule has 1 heterocycles. The Morgan fingerprint density at radius 2 is 1.80 bits per heavy atom. The molecule has 0 fully saturated rings. The predicted octanol–water partition coefficient (Wildman–Crippen LogP) is 3.89. The summed E-state index contributed by atoms with van der Waals surface area (Å²) in [5, 5.41) is 4.32. The fraction of sp³-hybridized carbons (Fsp3) is 0.250. The van der Waals surface area contributed by atoms with Gasteiger partial charge >= 0.3 is 0 Å². The van der Waals surface area contributed by atoms with Crippen LogP contribution in [0.1, 0.15) is 19.9 Å². The van der Waals surface area contributed by atoms with Crippen molar-refractivity contribution < 1.29 is 0 Å². The highest BCUT2D eigenvalue weighted by Gasteiger charge is 2.07. The van der Waals surface area contributed by atoms with Crippen LogP contribution in [0.4, 0.5) is 0 Å². The molecule has 0 saturated heterocycles. The van der Waals surface area contributed by atoms with Crippen LogP contribution in [0.15, 0.2) is 41.0 Å². The van der Waals surface area contributed by atoms with Gasteiger partial charge in [-0.2, -0.15) is 5.10 Å². The van der Waals surface area contributed by atoms with E-state index in [0.29, 0.717) is 6.04 Å². The first-order chi connectivity index (χ1) is 7.18. The molecule has 1 aromatic heterocycles. The molecule has 2 aromatic rings. The zero-order chi connectivity index (χ0) is 10.8. The summed E-state index contributed by atoms with van der Waals surface area (Å²) in [7, 11) is 0. The van der Waals surface area contributed by atoms with Gasteiger partial charge in [0, 0.05) is 16.7 Å². The maximum absolute atomic E-state index is 4.32. The molecular weight excluding hydrogens is 252 g/mol. The molecule has 0 amide bonds. The van der Waals surface area contributed by atoms with Crippen molar-refractivity contribution in [2.75, 3.05) is 0 Å². The van der Waals surface area contributed by atoms with Gasteiger partial charge < -0.3 is 0 Å². The first kappa shape index (κ1) is 10.4. The molecule has 2 nitrogen and oxygen atoms in total. The number of hydrogen-bond acceptors (Lipinski definition) is 1. The van der Waals surface area contributed by atoms with Crippen LogP contribution in [-0.2, 0) is 0 Å². The fourth-order valence-electron chi connectivity index (χ4n) is 1.57. The van der Waals surface area contributed by atoms with Gasteiger partial charge in [-0.25, -0.2) is 0 Å². The molecule has 0 unspecified atom stereocenters. The Kier molecular flexibility index (Phi) is 2.91. The van der Waals surface area contributed by atoms with Gasteiger partial charge in [0.05, 0.1) is 5.69 Å². The molecule has 0 bridgehead atoms. The summed E-state index contributed by atoms with van der Waals surface area (Å²) in [4.78, 5) is 0. The quantitative estimate of drug-likeness (QED) is 0.805. The van der Waals surface area contributed by atoms with Gasteiger partial charge in [-0.3, -0.25) is 4.68 Å². The standard InChI is InChI=1S/C12H13BrN2/c1-9(2)15-12(7-8-14-15)10-3-5-11(13)6-4-10/h3-9H,1-2H3. The predicted molar refractivity (Wildman–Crippen MR) is 65.7 cm³/mol. The van der Waals surface area contributed by atoms with Gasteiger partial charge in [0.2, 0.25) is 0 Å². The minimum absolute atomic E-state index is 0.388. The molecule has 0 atom stereocenters. The molecule has 0 aliphatic heterocycles. The van der Waals surface area contributed by atoms with E-state index >= 15 is 0 Å². The van der Waals surface area contributed by atoms with Gasteiger partial charge in [-0.15, -0.1) is 0 Å². The average molecular weight is 265 g/mol. The fourth-order valence-corrected chi connectivity index (χ4v) is 1.84. The molecule has 0 aliphatic carbocycles. The van der Waals surface area contributed by atoms with E-state index in [4.69, 9.17) is 0 Å². The van der Waals surface area contributed by atoms with Crippen molar-refractivity contribution in [1.82, 2.24) is 9.78 Å². The van der Waals surface area contributed by atoms with Gasteiger partial charge in [0.15, 0.2) is 0 Å². The number of hydrogen-bond donors (Lipinski definition) is 0. The van der Waals surface area contributed by atoms with E-state index in [2.05, 4.69) is 47.0 Å². The lowest BCUT2D eigenvalue weighted by atomic mass is 10.1. The molecule has 0 N–H and O–H groups in total. The summed E-state index contributed by atoms with van der Waals surface area (Å²) in [5.74, 6) is 0. The van der Waals surface area contributed by atoms with E-state index in [1.165, 1.54) is 5.56 Å². The minimum Gasteiger partial charge on any atom is -0.262 e. The molecule has 78 valence electrons. The third-order valence-corrected chi connectivity index (χ3v) is 2.83. The highest BCUT2D eigenvalue weighted by Crippen LogP contribution is 2.23. The summed E-state index contributed by atoms with van der Waals surface area (Å²) in [6, 6.07) is 10.7. The summed E-state index contributed by atoms with van der Waals surface area (Å²) < 4.78 is 3.13.